The van der Waals surface area contributed by atoms with Crippen molar-refractivity contribution in [1.82, 2.24) is 4.89 Å². The van der Waals surface area contributed by atoms with Crippen LogP contribution in [0.1, 0.15) is 5.56 Å². The number of nitrogens with one attached hydrogen (secondary N) is 1. The predicted molar refractivity (Wildman–Crippen MR) is 73.2 cm³/mol. The van der Waals surface area contributed by atoms with Crippen LogP contribution < -0.4 is 10.6 Å². The average molecular weight is 306 g/mol. The van der Waals surface area contributed by atoms with Crippen molar-refractivity contribution >= 4 is 43.8 Å². The summed E-state index contributed by atoms with van der Waals surface area (Å²) in [5, 5.41) is 0. The molecule has 0 aliphatic carbocycles. The molecule has 6 nitrogen and oxygen atoms in total. The van der Waals surface area contributed by atoms with Crippen LogP contribution in [-0.2, 0) is 15.3 Å². The van der Waals surface area contributed by atoms with E-state index in [0.29, 0.717) is 0 Å². The number of hydrogen-bond acceptors (Lipinski definition) is 8. The van der Waals surface area contributed by atoms with Crippen molar-refractivity contribution in [3.05, 3.63) is 35.9 Å². The van der Waals surface area contributed by atoms with Gasteiger partial charge in [0.25, 0.3) is 0 Å². The van der Waals surface area contributed by atoms with Crippen molar-refractivity contribution in [3.8, 4) is 0 Å². The minimum Gasteiger partial charge on any atom is -0.342 e. The SMILES string of the molecule is NC(=O)OC(=O)ONSSSCc1ccccc1. The summed E-state index contributed by atoms with van der Waals surface area (Å²) in [6.07, 6.45) is -2.40. The molecule has 0 aliphatic heterocycles. The number of benzene rings is 1. The summed E-state index contributed by atoms with van der Waals surface area (Å²) in [5.41, 5.74) is 5.80. The molecule has 0 aromatic heterocycles. The summed E-state index contributed by atoms with van der Waals surface area (Å²) in [6, 6.07) is 9.93. The van der Waals surface area contributed by atoms with Gasteiger partial charge in [-0.05, 0) is 15.4 Å². The quantitative estimate of drug-likeness (QED) is 0.207. The summed E-state index contributed by atoms with van der Waals surface area (Å²) in [6.45, 7) is 0. The Hall–Kier alpha value is -1.03. The molecule has 0 spiro atoms. The van der Waals surface area contributed by atoms with Crippen LogP contribution in [0.4, 0.5) is 9.59 Å². The monoisotopic (exact) mass is 306 g/mol. The molecule has 0 fully saturated rings. The molecule has 9 heteroatoms. The van der Waals surface area contributed by atoms with Crippen LogP contribution in [0.25, 0.3) is 0 Å². The fourth-order valence-electron chi connectivity index (χ4n) is 0.858. The molecule has 1 aromatic carbocycles. The van der Waals surface area contributed by atoms with Gasteiger partial charge in [-0.1, -0.05) is 46.0 Å². The van der Waals surface area contributed by atoms with Gasteiger partial charge in [-0.25, -0.2) is 9.59 Å². The molecular formula is C9H10N2O4S3. The topological polar surface area (TPSA) is 90.7 Å². The van der Waals surface area contributed by atoms with Crippen LogP contribution in [-0.4, -0.2) is 12.2 Å². The first kappa shape index (κ1) is 15.0. The first-order chi connectivity index (χ1) is 8.68. The zero-order chi connectivity index (χ0) is 13.2. The lowest BCUT2D eigenvalue weighted by molar-refractivity contribution is 0.0653. The number of nitrogens with two attached hydrogens (primary N) is 1. The largest absolute Gasteiger partial charge is 0.537 e. The number of carbonyl (C=O) groups is 2. The normalized spacial score (nSPS) is 9.78. The van der Waals surface area contributed by atoms with Crippen molar-refractivity contribution in [2.75, 3.05) is 0 Å². The maximum atomic E-state index is 10.7. The standard InChI is InChI=1S/C9H10N2O4S3/c10-8(12)14-9(13)15-11-17-18-16-6-7-4-2-1-3-5-7/h1-5,11H,6H2,(H2,10,12). The van der Waals surface area contributed by atoms with Crippen molar-refractivity contribution in [1.29, 1.82) is 0 Å². The van der Waals surface area contributed by atoms with Crippen LogP contribution in [0.5, 0.6) is 0 Å². The highest BCUT2D eigenvalue weighted by molar-refractivity contribution is 9.08. The lowest BCUT2D eigenvalue weighted by atomic mass is 10.2. The van der Waals surface area contributed by atoms with Gasteiger partial charge < -0.3 is 15.3 Å². The second-order valence-corrected chi connectivity index (χ2v) is 6.59. The first-order valence-electron chi connectivity index (χ1n) is 4.60. The van der Waals surface area contributed by atoms with Gasteiger partial charge in [0.15, 0.2) is 0 Å². The molecule has 0 heterocycles. The van der Waals surface area contributed by atoms with Crippen molar-refractivity contribution in [2.24, 2.45) is 5.73 Å². The van der Waals surface area contributed by atoms with E-state index < -0.39 is 12.2 Å². The average Bonchev–Trinajstić information content (AvgIpc) is 2.34. The molecule has 18 heavy (non-hydrogen) atoms. The fraction of sp³-hybridized carbons (Fsp3) is 0.111. The Kier molecular flexibility index (Phi) is 7.49. The number of amides is 1. The van der Waals surface area contributed by atoms with Gasteiger partial charge in [-0.15, -0.1) is 0 Å². The van der Waals surface area contributed by atoms with Gasteiger partial charge in [-0.3, -0.25) is 0 Å². The van der Waals surface area contributed by atoms with Gasteiger partial charge >= 0.3 is 12.2 Å². The molecule has 0 saturated carbocycles. The van der Waals surface area contributed by atoms with E-state index >= 15 is 0 Å². The lowest BCUT2D eigenvalue weighted by Gasteiger charge is -2.02. The number of ether oxygens (including phenoxy) is 1. The van der Waals surface area contributed by atoms with Gasteiger partial charge in [-0.2, -0.15) is 0 Å². The third-order valence-corrected chi connectivity index (χ3v) is 4.79. The molecule has 1 rings (SSSR count). The Bertz CT molecular complexity index is 391. The summed E-state index contributed by atoms with van der Waals surface area (Å²) >= 11 is 0. The number of carbonyl (C=O) groups excluding carboxylic acids is 2. The minimum atomic E-state index is -1.21. The van der Waals surface area contributed by atoms with Crippen LogP contribution in [0.2, 0.25) is 0 Å². The molecule has 3 N–H and O–H groups in total. The van der Waals surface area contributed by atoms with Gasteiger partial charge in [0.1, 0.15) is 0 Å². The van der Waals surface area contributed by atoms with E-state index in [2.05, 4.69) is 20.2 Å². The molecule has 1 amide bonds. The maximum Gasteiger partial charge on any atom is 0.537 e. The van der Waals surface area contributed by atoms with Crippen LogP contribution >= 0.6 is 31.6 Å². The van der Waals surface area contributed by atoms with E-state index in [1.54, 1.807) is 10.8 Å². The second kappa shape index (κ2) is 8.97. The number of rotatable bonds is 6. The summed E-state index contributed by atoms with van der Waals surface area (Å²) in [4.78, 5) is 27.4. The minimum absolute atomic E-state index is 0.825. The maximum absolute atomic E-state index is 10.7. The number of hydrogen-bond donors (Lipinski definition) is 2. The molecular weight excluding hydrogens is 296 g/mol. The zero-order valence-electron chi connectivity index (χ0n) is 9.03. The Balaban J connectivity index is 1.99. The highest BCUT2D eigenvalue weighted by Gasteiger charge is 2.07. The summed E-state index contributed by atoms with van der Waals surface area (Å²) in [7, 11) is 4.03. The molecule has 0 unspecified atom stereocenters. The molecule has 98 valence electrons. The van der Waals surface area contributed by atoms with Gasteiger partial charge in [0, 0.05) is 16.7 Å². The smallest absolute Gasteiger partial charge is 0.342 e. The van der Waals surface area contributed by atoms with Gasteiger partial charge in [0.2, 0.25) is 0 Å². The van der Waals surface area contributed by atoms with Crippen LogP contribution in [0.3, 0.4) is 0 Å². The molecule has 1 aromatic rings. The molecule has 0 atom stereocenters. The van der Waals surface area contributed by atoms with Crippen LogP contribution in [0, 0.1) is 0 Å². The second-order valence-electron chi connectivity index (χ2n) is 2.76. The highest BCUT2D eigenvalue weighted by atomic mass is 33.5. The Morgan fingerprint density at radius 3 is 2.67 bits per heavy atom. The van der Waals surface area contributed by atoms with Crippen molar-refractivity contribution in [3.63, 3.8) is 0 Å². The van der Waals surface area contributed by atoms with Crippen LogP contribution in [0.15, 0.2) is 30.3 Å². The van der Waals surface area contributed by atoms with Crippen molar-refractivity contribution < 1.29 is 19.2 Å². The Morgan fingerprint density at radius 1 is 1.28 bits per heavy atom. The summed E-state index contributed by atoms with van der Waals surface area (Å²) in [5.74, 6) is 0.825. The predicted octanol–water partition coefficient (Wildman–Crippen LogP) is 2.87. The molecule has 0 radical (unpaired) electrons. The molecule has 0 bridgehead atoms. The van der Waals surface area contributed by atoms with E-state index in [-0.39, 0.29) is 0 Å². The van der Waals surface area contributed by atoms with E-state index in [4.69, 9.17) is 0 Å². The zero-order valence-corrected chi connectivity index (χ0v) is 11.5. The van der Waals surface area contributed by atoms with E-state index in [1.165, 1.54) is 15.4 Å². The van der Waals surface area contributed by atoms with Gasteiger partial charge in [0.05, 0.1) is 0 Å². The number of primary amides is 1. The highest BCUT2D eigenvalue weighted by Crippen LogP contribution is 2.34. The molecule has 0 saturated heterocycles. The molecule has 0 aliphatic rings. The fourth-order valence-corrected chi connectivity index (χ4v) is 3.41. The lowest BCUT2D eigenvalue weighted by Crippen LogP contribution is -2.22. The van der Waals surface area contributed by atoms with Crippen molar-refractivity contribution in [2.45, 2.75) is 5.75 Å². The Morgan fingerprint density at radius 2 is 2.00 bits per heavy atom. The third kappa shape index (κ3) is 7.33. The van der Waals surface area contributed by atoms with E-state index in [1.807, 2.05) is 30.3 Å². The first-order valence-corrected chi connectivity index (χ1v) is 8.26. The third-order valence-electron chi connectivity index (χ3n) is 1.49. The van der Waals surface area contributed by atoms with E-state index in [0.717, 1.165) is 16.7 Å². The Labute approximate surface area is 115 Å². The summed E-state index contributed by atoms with van der Waals surface area (Å²) < 4.78 is 3.91. The van der Waals surface area contributed by atoms with E-state index in [9.17, 15) is 9.59 Å².